The number of carbonyl (C=O) groups is 2. The topological polar surface area (TPSA) is 209 Å². The Labute approximate surface area is 392 Å². The van der Waals surface area contributed by atoms with Crippen molar-refractivity contribution >= 4 is 23.5 Å². The number of aliphatic hydroxyl groups is 5. The smallest absolute Gasteiger partial charge is 0.311 e. The minimum Gasteiger partial charge on any atom is -0.459 e. The lowest BCUT2D eigenvalue weighted by atomic mass is 9.77. The number of esters is 1. The molecule has 0 bridgehead atoms. The number of rotatable bonds is 13. The number of nitrogens with one attached hydrogen (secondary N) is 1. The maximum atomic E-state index is 14.5. The van der Waals surface area contributed by atoms with E-state index in [9.17, 15) is 35.1 Å². The average Bonchev–Trinajstić information content (AvgIpc) is 3.23. The normalized spacial score (nSPS) is 41.9. The van der Waals surface area contributed by atoms with Crippen molar-refractivity contribution in [3.63, 3.8) is 0 Å². The molecule has 4 rings (SSSR count). The summed E-state index contributed by atoms with van der Waals surface area (Å²) >= 11 is 6.02. The van der Waals surface area contributed by atoms with E-state index in [1.165, 1.54) is 14.0 Å². The number of cyclic esters (lactones) is 1. The largest absolute Gasteiger partial charge is 0.459 e. The van der Waals surface area contributed by atoms with Gasteiger partial charge in [-0.2, -0.15) is 0 Å². The minimum atomic E-state index is -1.91. The fraction of sp³-hybridized carbons (Fsp3) is 0.833. The molecule has 18 atom stereocenters. The third kappa shape index (κ3) is 14.0. The molecule has 3 saturated heterocycles. The lowest BCUT2D eigenvalue weighted by Gasteiger charge is -2.48. The Bertz CT molecular complexity index is 1660. The number of methoxy groups -OCH3 is 1. The number of benzene rings is 1. The average molecular weight is 945 g/mol. The van der Waals surface area contributed by atoms with Gasteiger partial charge < -0.3 is 64.2 Å². The fourth-order valence-corrected chi connectivity index (χ4v) is 10.4. The second kappa shape index (κ2) is 23.5. The van der Waals surface area contributed by atoms with Gasteiger partial charge in [0.1, 0.15) is 30.0 Å². The molecule has 6 N–H and O–H groups in total. The molecule has 1 aromatic rings. The highest BCUT2D eigenvalue weighted by molar-refractivity contribution is 6.30. The summed E-state index contributed by atoms with van der Waals surface area (Å²) in [6.45, 7) is 18.6. The number of halogens is 1. The van der Waals surface area contributed by atoms with Crippen molar-refractivity contribution in [2.24, 2.45) is 17.8 Å². The van der Waals surface area contributed by atoms with Crippen LogP contribution in [0.5, 0.6) is 0 Å². The van der Waals surface area contributed by atoms with Gasteiger partial charge in [-0.15, -0.1) is 0 Å². The molecule has 1 unspecified atom stereocenters. The van der Waals surface area contributed by atoms with Gasteiger partial charge in [0.15, 0.2) is 12.6 Å². The molecule has 17 heteroatoms. The van der Waals surface area contributed by atoms with Crippen LogP contribution in [-0.4, -0.2) is 178 Å². The van der Waals surface area contributed by atoms with E-state index in [4.69, 9.17) is 40.0 Å². The summed E-state index contributed by atoms with van der Waals surface area (Å²) in [5.74, 6) is -3.02. The molecule has 3 heterocycles. The van der Waals surface area contributed by atoms with E-state index in [1.54, 1.807) is 65.8 Å². The zero-order chi connectivity index (χ0) is 48.8. The van der Waals surface area contributed by atoms with Crippen molar-refractivity contribution in [1.29, 1.82) is 0 Å². The number of aliphatic hydroxyl groups excluding tert-OH is 3. The van der Waals surface area contributed by atoms with Gasteiger partial charge in [-0.05, 0) is 112 Å². The van der Waals surface area contributed by atoms with E-state index in [0.29, 0.717) is 37.5 Å². The molecule has 1 amide bonds. The summed E-state index contributed by atoms with van der Waals surface area (Å²) in [6, 6.07) is 6.10. The predicted molar refractivity (Wildman–Crippen MR) is 246 cm³/mol. The highest BCUT2D eigenvalue weighted by atomic mass is 35.5. The van der Waals surface area contributed by atoms with E-state index in [1.807, 2.05) is 44.7 Å². The van der Waals surface area contributed by atoms with Crippen molar-refractivity contribution in [3.8, 4) is 0 Å². The summed E-state index contributed by atoms with van der Waals surface area (Å²) in [5, 5.41) is 63.4. The molecule has 0 aromatic heterocycles. The molecule has 3 fully saturated rings. The van der Waals surface area contributed by atoms with Crippen LogP contribution in [0.15, 0.2) is 24.3 Å². The lowest BCUT2D eigenvalue weighted by molar-refractivity contribution is -0.318. The molecule has 0 aliphatic carbocycles. The molecule has 0 saturated carbocycles. The first-order chi connectivity index (χ1) is 30.3. The van der Waals surface area contributed by atoms with Crippen LogP contribution in [0.4, 0.5) is 0 Å². The van der Waals surface area contributed by atoms with Gasteiger partial charge in [0.05, 0.1) is 48.0 Å². The molecular formula is C48H82ClN3O13. The lowest BCUT2D eigenvalue weighted by Crippen LogP contribution is -2.60. The Hall–Kier alpha value is -2.03. The molecule has 3 aliphatic rings. The first-order valence-electron chi connectivity index (χ1n) is 23.5. The number of likely N-dealkylation sites (N-methyl/N-ethyl adjacent to an activating group) is 1. The van der Waals surface area contributed by atoms with Crippen LogP contribution in [0, 0.1) is 17.8 Å². The van der Waals surface area contributed by atoms with Crippen molar-refractivity contribution in [2.45, 2.75) is 198 Å². The Balaban J connectivity index is 1.74. The first-order valence-corrected chi connectivity index (χ1v) is 23.9. The quantitative estimate of drug-likeness (QED) is 0.123. The number of amides is 1. The zero-order valence-electron chi connectivity index (χ0n) is 41.1. The maximum absolute atomic E-state index is 14.5. The molecule has 374 valence electrons. The Kier molecular flexibility index (Phi) is 20.1. The van der Waals surface area contributed by atoms with Gasteiger partial charge in [-0.25, -0.2) is 0 Å². The van der Waals surface area contributed by atoms with Crippen molar-refractivity contribution in [2.75, 3.05) is 40.8 Å². The second-order valence-electron chi connectivity index (χ2n) is 20.2. The molecule has 3 aliphatic heterocycles. The second-order valence-corrected chi connectivity index (χ2v) is 20.7. The van der Waals surface area contributed by atoms with E-state index in [-0.39, 0.29) is 49.7 Å². The standard InChI is InChI=1S/C48H82ClN3O13/c1-14-36-48(10,59)41(55)31(6)52(21-15-20-50-37(53)23-33-16-18-34(49)19-17-33)26-27(2)24-46(8,58)43(65-45-39(54)35(51(11)12)22-28(3)61-45)29(4)40(30(5)44(57)63-36)64-38-25-47(9,60-13)42(56)32(7)62-38/h16-19,27-32,35-36,38-43,45,54-56,58-59H,14-15,20-26H2,1-13H3,(H,50,53)/t27-,28+,29+,30-,31-,32+,35-,36?,38+,39+,40+,41-,42+,43-,45-,46-,47-,48-/m1/s1. The van der Waals surface area contributed by atoms with Crippen LogP contribution >= 0.6 is 11.6 Å². The number of hydrogen-bond donors (Lipinski definition) is 6. The maximum Gasteiger partial charge on any atom is 0.311 e. The SMILES string of the molecule is CCC1OC(=O)[C@H](C)[C@@H](O[C@H]2C[C@@](C)(OC)[C@@H](O)[C@H](C)O2)[C@H](C)[C@@H](O[C@H]2O[C@@H](C)C[C@@H](N(C)C)[C@@H]2O)[C@](C)(O)C[C@@H](C)CN(CCCNC(=O)Cc2ccc(Cl)cc2)[C@H](C)[C@@H](O)[C@]1(C)O. The number of carbonyl (C=O) groups excluding carboxylic acids is 2. The highest BCUT2D eigenvalue weighted by Crippen LogP contribution is 2.40. The van der Waals surface area contributed by atoms with Crippen LogP contribution in [0.25, 0.3) is 0 Å². The van der Waals surface area contributed by atoms with Crippen molar-refractivity contribution in [1.82, 2.24) is 15.1 Å². The third-order valence-electron chi connectivity index (χ3n) is 14.3. The number of hydrogen-bond acceptors (Lipinski definition) is 15. The third-order valence-corrected chi connectivity index (χ3v) is 14.5. The van der Waals surface area contributed by atoms with Crippen LogP contribution in [0.2, 0.25) is 5.02 Å². The molecule has 0 spiro atoms. The molecule has 16 nitrogen and oxygen atoms in total. The zero-order valence-corrected chi connectivity index (χ0v) is 41.9. The van der Waals surface area contributed by atoms with Crippen LogP contribution in [-0.2, 0) is 44.4 Å². The van der Waals surface area contributed by atoms with E-state index < -0.39 is 96.0 Å². The highest BCUT2D eigenvalue weighted by Gasteiger charge is 2.53. The van der Waals surface area contributed by atoms with Gasteiger partial charge >= 0.3 is 5.97 Å². The number of nitrogens with zero attached hydrogens (tertiary/aromatic N) is 2. The molecule has 0 radical (unpaired) electrons. The van der Waals surface area contributed by atoms with Gasteiger partial charge in [0.2, 0.25) is 5.91 Å². The predicted octanol–water partition coefficient (Wildman–Crippen LogP) is 3.67. The van der Waals surface area contributed by atoms with Gasteiger partial charge in [-0.3, -0.25) is 14.5 Å². The summed E-state index contributed by atoms with van der Waals surface area (Å²) in [5.41, 5.74) is -3.80. The van der Waals surface area contributed by atoms with E-state index in [2.05, 4.69) is 5.32 Å². The van der Waals surface area contributed by atoms with Crippen LogP contribution in [0.1, 0.15) is 107 Å². The van der Waals surface area contributed by atoms with Crippen molar-refractivity contribution in [3.05, 3.63) is 34.9 Å². The van der Waals surface area contributed by atoms with Gasteiger partial charge in [-0.1, -0.05) is 44.5 Å². The van der Waals surface area contributed by atoms with E-state index in [0.717, 1.165) is 5.56 Å². The van der Waals surface area contributed by atoms with E-state index >= 15 is 0 Å². The molecule has 1 aromatic carbocycles. The summed E-state index contributed by atoms with van der Waals surface area (Å²) < 4.78 is 38.0. The Morgan fingerprint density at radius 2 is 1.62 bits per heavy atom. The number of ether oxygens (including phenoxy) is 6. The monoisotopic (exact) mass is 944 g/mol. The fourth-order valence-electron chi connectivity index (χ4n) is 10.3. The van der Waals surface area contributed by atoms with Crippen LogP contribution < -0.4 is 5.32 Å². The summed E-state index contributed by atoms with van der Waals surface area (Å²) in [4.78, 5) is 31.3. The molecule has 65 heavy (non-hydrogen) atoms. The van der Waals surface area contributed by atoms with Crippen LogP contribution in [0.3, 0.4) is 0 Å². The van der Waals surface area contributed by atoms with Gasteiger partial charge in [0, 0.05) is 56.2 Å². The summed E-state index contributed by atoms with van der Waals surface area (Å²) in [6.07, 6.45) is -8.30. The first kappa shape index (κ1) is 55.6. The minimum absolute atomic E-state index is 0.101. The Morgan fingerprint density at radius 3 is 2.22 bits per heavy atom. The Morgan fingerprint density at radius 1 is 0.969 bits per heavy atom. The van der Waals surface area contributed by atoms with Gasteiger partial charge in [0.25, 0.3) is 0 Å². The molecular weight excluding hydrogens is 862 g/mol. The van der Waals surface area contributed by atoms with Crippen molar-refractivity contribution < 1.29 is 63.5 Å². The summed E-state index contributed by atoms with van der Waals surface area (Å²) in [7, 11) is 5.25.